The average Bonchev–Trinajstić information content (AvgIpc) is 1.88. The zero-order valence-electron chi connectivity index (χ0n) is 6.55. The molecular weight excluding hydrogens is 130 g/mol. The normalized spacial score (nSPS) is 12.7. The number of carbonyl (C=O) groups excluding carboxylic acids is 1. The Balaban J connectivity index is 3.22. The molecule has 0 aliphatic rings. The highest BCUT2D eigenvalue weighted by atomic mass is 16.3. The standard InChI is InChI=1S/C7H15NO2/c1-3-4-5-8-7(10)6(2)9/h6,9H,3-5H2,1-2H3,(H,8,10)/t6-/m1/s1. The Morgan fingerprint density at radius 2 is 2.30 bits per heavy atom. The number of aliphatic hydroxyl groups excluding tert-OH is 1. The zero-order chi connectivity index (χ0) is 7.98. The van der Waals surface area contributed by atoms with Gasteiger partial charge >= 0.3 is 0 Å². The molecule has 3 heteroatoms. The van der Waals surface area contributed by atoms with Crippen LogP contribution in [0, 0.1) is 0 Å². The third-order valence-electron chi connectivity index (χ3n) is 1.21. The fraction of sp³-hybridized carbons (Fsp3) is 0.857. The van der Waals surface area contributed by atoms with Crippen LogP contribution >= 0.6 is 0 Å². The highest BCUT2D eigenvalue weighted by Crippen LogP contribution is 1.84. The summed E-state index contributed by atoms with van der Waals surface area (Å²) in [6.45, 7) is 4.18. The number of carbonyl (C=O) groups is 1. The van der Waals surface area contributed by atoms with Crippen molar-refractivity contribution in [3.05, 3.63) is 0 Å². The topological polar surface area (TPSA) is 49.3 Å². The van der Waals surface area contributed by atoms with Crippen LogP contribution in [0.25, 0.3) is 0 Å². The van der Waals surface area contributed by atoms with Gasteiger partial charge in [0.15, 0.2) is 0 Å². The summed E-state index contributed by atoms with van der Waals surface area (Å²) >= 11 is 0. The van der Waals surface area contributed by atoms with Gasteiger partial charge in [-0.2, -0.15) is 0 Å². The minimum absolute atomic E-state index is 0.284. The number of aliphatic hydroxyl groups is 1. The molecule has 0 saturated heterocycles. The first-order valence-electron chi connectivity index (χ1n) is 3.64. The van der Waals surface area contributed by atoms with Crippen molar-refractivity contribution in [3.63, 3.8) is 0 Å². The summed E-state index contributed by atoms with van der Waals surface area (Å²) in [6.07, 6.45) is 1.15. The molecule has 0 bridgehead atoms. The Morgan fingerprint density at radius 1 is 1.70 bits per heavy atom. The molecule has 0 rings (SSSR count). The first-order valence-corrected chi connectivity index (χ1v) is 3.64. The smallest absolute Gasteiger partial charge is 0.248 e. The van der Waals surface area contributed by atoms with Gasteiger partial charge in [-0.3, -0.25) is 4.79 Å². The van der Waals surface area contributed by atoms with E-state index in [9.17, 15) is 4.79 Å². The van der Waals surface area contributed by atoms with Crippen LogP contribution in [-0.2, 0) is 4.79 Å². The number of unbranched alkanes of at least 4 members (excludes halogenated alkanes) is 1. The Labute approximate surface area is 61.4 Å². The minimum Gasteiger partial charge on any atom is -0.384 e. The lowest BCUT2D eigenvalue weighted by Crippen LogP contribution is -2.32. The molecule has 10 heavy (non-hydrogen) atoms. The molecule has 0 aliphatic carbocycles. The van der Waals surface area contributed by atoms with Crippen molar-refractivity contribution in [1.29, 1.82) is 0 Å². The fourth-order valence-corrected chi connectivity index (χ4v) is 0.536. The summed E-state index contributed by atoms with van der Waals surface area (Å²) < 4.78 is 0. The molecule has 0 radical (unpaired) electrons. The van der Waals surface area contributed by atoms with E-state index in [2.05, 4.69) is 12.2 Å². The summed E-state index contributed by atoms with van der Waals surface area (Å²) in [5.74, 6) is -0.284. The van der Waals surface area contributed by atoms with E-state index in [1.165, 1.54) is 6.92 Å². The van der Waals surface area contributed by atoms with Gasteiger partial charge in [0.25, 0.3) is 0 Å². The highest BCUT2D eigenvalue weighted by Gasteiger charge is 2.05. The number of rotatable bonds is 4. The predicted molar refractivity (Wildman–Crippen MR) is 39.6 cm³/mol. The molecule has 0 fully saturated rings. The lowest BCUT2D eigenvalue weighted by atomic mass is 10.3. The molecule has 0 heterocycles. The van der Waals surface area contributed by atoms with Gasteiger partial charge < -0.3 is 10.4 Å². The fourth-order valence-electron chi connectivity index (χ4n) is 0.536. The Morgan fingerprint density at radius 3 is 2.70 bits per heavy atom. The van der Waals surface area contributed by atoms with Crippen molar-refractivity contribution in [2.45, 2.75) is 32.8 Å². The molecule has 0 saturated carbocycles. The summed E-state index contributed by atoms with van der Waals surface area (Å²) in [6, 6.07) is 0. The number of nitrogens with one attached hydrogen (secondary N) is 1. The van der Waals surface area contributed by atoms with Crippen LogP contribution in [-0.4, -0.2) is 23.7 Å². The molecule has 0 aliphatic heterocycles. The quantitative estimate of drug-likeness (QED) is 0.558. The van der Waals surface area contributed by atoms with E-state index < -0.39 is 6.10 Å². The molecule has 0 unspecified atom stereocenters. The third kappa shape index (κ3) is 4.32. The minimum atomic E-state index is -0.878. The van der Waals surface area contributed by atoms with Crippen molar-refractivity contribution in [2.24, 2.45) is 0 Å². The number of hydrogen-bond acceptors (Lipinski definition) is 2. The summed E-state index contributed by atoms with van der Waals surface area (Å²) in [5, 5.41) is 11.3. The van der Waals surface area contributed by atoms with Crippen LogP contribution in [0.2, 0.25) is 0 Å². The predicted octanol–water partition coefficient (Wildman–Crippen LogP) is 0.283. The Kier molecular flexibility index (Phi) is 4.94. The van der Waals surface area contributed by atoms with E-state index in [1.54, 1.807) is 0 Å². The van der Waals surface area contributed by atoms with Gasteiger partial charge in [0.05, 0.1) is 0 Å². The Hall–Kier alpha value is -0.570. The average molecular weight is 145 g/mol. The van der Waals surface area contributed by atoms with Crippen molar-refractivity contribution >= 4 is 5.91 Å². The van der Waals surface area contributed by atoms with Gasteiger partial charge in [0, 0.05) is 6.54 Å². The molecule has 3 nitrogen and oxygen atoms in total. The number of hydrogen-bond donors (Lipinski definition) is 2. The van der Waals surface area contributed by atoms with Crippen LogP contribution in [0.4, 0.5) is 0 Å². The molecule has 0 spiro atoms. The van der Waals surface area contributed by atoms with Crippen molar-refractivity contribution < 1.29 is 9.90 Å². The molecule has 1 atom stereocenters. The second kappa shape index (κ2) is 5.23. The molecule has 1 amide bonds. The summed E-state index contributed by atoms with van der Waals surface area (Å²) in [4.78, 5) is 10.7. The lowest BCUT2D eigenvalue weighted by molar-refractivity contribution is -0.128. The SMILES string of the molecule is CCCCNC(=O)[C@@H](C)O. The molecule has 0 aromatic rings. The van der Waals surface area contributed by atoms with E-state index in [-0.39, 0.29) is 5.91 Å². The van der Waals surface area contributed by atoms with E-state index in [1.807, 2.05) is 0 Å². The van der Waals surface area contributed by atoms with Crippen LogP contribution in [0.3, 0.4) is 0 Å². The molecular formula is C7H15NO2. The van der Waals surface area contributed by atoms with Gasteiger partial charge in [-0.05, 0) is 13.3 Å². The molecule has 60 valence electrons. The van der Waals surface area contributed by atoms with Crippen LogP contribution in [0.5, 0.6) is 0 Å². The van der Waals surface area contributed by atoms with E-state index in [0.29, 0.717) is 6.54 Å². The van der Waals surface area contributed by atoms with Gasteiger partial charge in [-0.25, -0.2) is 0 Å². The molecule has 0 aromatic heterocycles. The van der Waals surface area contributed by atoms with Gasteiger partial charge in [0.2, 0.25) is 5.91 Å². The maximum absolute atomic E-state index is 10.7. The highest BCUT2D eigenvalue weighted by molar-refractivity contribution is 5.79. The maximum atomic E-state index is 10.7. The van der Waals surface area contributed by atoms with Crippen LogP contribution in [0.15, 0.2) is 0 Å². The molecule has 0 aromatic carbocycles. The van der Waals surface area contributed by atoms with Gasteiger partial charge in [0.1, 0.15) is 6.10 Å². The van der Waals surface area contributed by atoms with Crippen molar-refractivity contribution in [3.8, 4) is 0 Å². The van der Waals surface area contributed by atoms with Crippen molar-refractivity contribution in [1.82, 2.24) is 5.32 Å². The first-order chi connectivity index (χ1) is 4.68. The lowest BCUT2D eigenvalue weighted by Gasteiger charge is -2.04. The molecule has 2 N–H and O–H groups in total. The number of amides is 1. The third-order valence-corrected chi connectivity index (χ3v) is 1.21. The van der Waals surface area contributed by atoms with E-state index >= 15 is 0 Å². The second-order valence-corrected chi connectivity index (χ2v) is 2.32. The van der Waals surface area contributed by atoms with Crippen LogP contribution in [0.1, 0.15) is 26.7 Å². The maximum Gasteiger partial charge on any atom is 0.248 e. The van der Waals surface area contributed by atoms with E-state index in [0.717, 1.165) is 12.8 Å². The largest absolute Gasteiger partial charge is 0.384 e. The van der Waals surface area contributed by atoms with Crippen LogP contribution < -0.4 is 5.32 Å². The van der Waals surface area contributed by atoms with Gasteiger partial charge in [-0.1, -0.05) is 13.3 Å². The first kappa shape index (κ1) is 9.43. The summed E-state index contributed by atoms with van der Waals surface area (Å²) in [7, 11) is 0. The monoisotopic (exact) mass is 145 g/mol. The zero-order valence-corrected chi connectivity index (χ0v) is 6.55. The second-order valence-electron chi connectivity index (χ2n) is 2.32. The van der Waals surface area contributed by atoms with Crippen molar-refractivity contribution in [2.75, 3.05) is 6.54 Å². The Bertz CT molecular complexity index is 102. The summed E-state index contributed by atoms with van der Waals surface area (Å²) in [5.41, 5.74) is 0. The van der Waals surface area contributed by atoms with E-state index in [4.69, 9.17) is 5.11 Å². The van der Waals surface area contributed by atoms with Gasteiger partial charge in [-0.15, -0.1) is 0 Å².